The molecule has 1 aliphatic rings. The van der Waals surface area contributed by atoms with E-state index in [0.717, 1.165) is 28.8 Å². The van der Waals surface area contributed by atoms with Gasteiger partial charge < -0.3 is 4.74 Å². The number of aromatic nitrogens is 4. The average molecular weight is 415 g/mol. The van der Waals surface area contributed by atoms with Crippen LogP contribution in [0.4, 0.5) is 0 Å². The third-order valence-electron chi connectivity index (χ3n) is 4.97. The van der Waals surface area contributed by atoms with E-state index in [2.05, 4.69) is 25.1 Å². The summed E-state index contributed by atoms with van der Waals surface area (Å²) in [6, 6.07) is 7.70. The van der Waals surface area contributed by atoms with E-state index >= 15 is 0 Å². The van der Waals surface area contributed by atoms with E-state index in [1.807, 2.05) is 24.3 Å². The minimum atomic E-state index is -3.56. The SMILES string of the molecule is COc1ccc(-c2[nH]ncc2CN2CCc3nc(S(C)(=O)=O)[nH]c(=O)c3C2)cc1. The van der Waals surface area contributed by atoms with Gasteiger partial charge in [-0.3, -0.25) is 19.8 Å². The number of benzene rings is 1. The summed E-state index contributed by atoms with van der Waals surface area (Å²) < 4.78 is 28.6. The van der Waals surface area contributed by atoms with Crippen molar-refractivity contribution in [3.8, 4) is 17.0 Å². The maximum Gasteiger partial charge on any atom is 0.256 e. The lowest BCUT2D eigenvalue weighted by Crippen LogP contribution is -2.36. The highest BCUT2D eigenvalue weighted by atomic mass is 32.2. The van der Waals surface area contributed by atoms with Gasteiger partial charge >= 0.3 is 0 Å². The van der Waals surface area contributed by atoms with Gasteiger partial charge in [-0.25, -0.2) is 13.4 Å². The van der Waals surface area contributed by atoms with Crippen molar-refractivity contribution in [3.63, 3.8) is 0 Å². The van der Waals surface area contributed by atoms with Crippen LogP contribution in [0.25, 0.3) is 11.3 Å². The molecule has 9 nitrogen and oxygen atoms in total. The number of sulfone groups is 1. The smallest absolute Gasteiger partial charge is 0.256 e. The van der Waals surface area contributed by atoms with Crippen LogP contribution in [0, 0.1) is 0 Å². The second kappa shape index (κ2) is 7.45. The molecule has 3 heterocycles. The van der Waals surface area contributed by atoms with Crippen LogP contribution in [0.15, 0.2) is 40.4 Å². The van der Waals surface area contributed by atoms with Gasteiger partial charge in [-0.15, -0.1) is 0 Å². The second-order valence-corrected chi connectivity index (χ2v) is 8.96. The van der Waals surface area contributed by atoms with Gasteiger partial charge in [-0.2, -0.15) is 5.10 Å². The molecule has 2 N–H and O–H groups in total. The first-order chi connectivity index (χ1) is 13.8. The topological polar surface area (TPSA) is 121 Å². The summed E-state index contributed by atoms with van der Waals surface area (Å²) in [4.78, 5) is 21.1. The van der Waals surface area contributed by atoms with Gasteiger partial charge in [0.1, 0.15) is 5.75 Å². The van der Waals surface area contributed by atoms with Gasteiger partial charge in [0.25, 0.3) is 5.56 Å². The highest BCUT2D eigenvalue weighted by Crippen LogP contribution is 2.26. The van der Waals surface area contributed by atoms with Crippen LogP contribution in [0.3, 0.4) is 0 Å². The molecular formula is C19H21N5O4S. The fourth-order valence-electron chi connectivity index (χ4n) is 3.45. The molecule has 29 heavy (non-hydrogen) atoms. The van der Waals surface area contributed by atoms with Gasteiger partial charge in [0.2, 0.25) is 15.0 Å². The molecular weight excluding hydrogens is 394 g/mol. The fourth-order valence-corrected chi connectivity index (χ4v) is 4.00. The molecule has 0 fully saturated rings. The molecule has 0 amide bonds. The van der Waals surface area contributed by atoms with Crippen LogP contribution in [0.5, 0.6) is 5.75 Å². The Bertz CT molecular complexity index is 1200. The first kappa shape index (κ1) is 19.3. The number of nitrogens with zero attached hydrogens (tertiary/aromatic N) is 3. The van der Waals surface area contributed by atoms with Crippen molar-refractivity contribution in [3.05, 3.63) is 57.6 Å². The molecule has 0 bridgehead atoms. The summed E-state index contributed by atoms with van der Waals surface area (Å²) in [5, 5.41) is 6.94. The van der Waals surface area contributed by atoms with Crippen molar-refractivity contribution in [2.45, 2.75) is 24.7 Å². The van der Waals surface area contributed by atoms with Crippen molar-refractivity contribution < 1.29 is 13.2 Å². The molecule has 0 saturated carbocycles. The predicted molar refractivity (Wildman–Crippen MR) is 106 cm³/mol. The van der Waals surface area contributed by atoms with Crippen molar-refractivity contribution >= 4 is 9.84 Å². The highest BCUT2D eigenvalue weighted by Gasteiger charge is 2.24. The zero-order chi connectivity index (χ0) is 20.6. The van der Waals surface area contributed by atoms with Crippen molar-refractivity contribution in [1.82, 2.24) is 25.1 Å². The first-order valence-electron chi connectivity index (χ1n) is 9.06. The van der Waals surface area contributed by atoms with E-state index in [9.17, 15) is 13.2 Å². The van der Waals surface area contributed by atoms with E-state index in [4.69, 9.17) is 4.74 Å². The molecule has 2 aromatic heterocycles. The summed E-state index contributed by atoms with van der Waals surface area (Å²) in [5.74, 6) is 0.780. The largest absolute Gasteiger partial charge is 0.497 e. The van der Waals surface area contributed by atoms with Crippen LogP contribution in [-0.4, -0.2) is 53.4 Å². The van der Waals surface area contributed by atoms with E-state index in [1.165, 1.54) is 0 Å². The molecule has 10 heteroatoms. The number of H-pyrrole nitrogens is 2. The number of aromatic amines is 2. The molecule has 0 aliphatic carbocycles. The Morgan fingerprint density at radius 1 is 1.24 bits per heavy atom. The van der Waals surface area contributed by atoms with Crippen LogP contribution >= 0.6 is 0 Å². The minimum absolute atomic E-state index is 0.272. The van der Waals surface area contributed by atoms with Gasteiger partial charge in [-0.1, -0.05) is 0 Å². The highest BCUT2D eigenvalue weighted by molar-refractivity contribution is 7.90. The third-order valence-corrected chi connectivity index (χ3v) is 5.86. The lowest BCUT2D eigenvalue weighted by molar-refractivity contribution is 0.241. The molecule has 1 aliphatic heterocycles. The van der Waals surface area contributed by atoms with Gasteiger partial charge in [-0.05, 0) is 24.3 Å². The Hall–Kier alpha value is -2.98. The van der Waals surface area contributed by atoms with Crippen LogP contribution < -0.4 is 10.3 Å². The maximum atomic E-state index is 12.4. The monoisotopic (exact) mass is 415 g/mol. The molecule has 0 unspecified atom stereocenters. The van der Waals surface area contributed by atoms with Crippen LogP contribution in [0.1, 0.15) is 16.8 Å². The minimum Gasteiger partial charge on any atom is -0.497 e. The Labute approximate surface area is 167 Å². The van der Waals surface area contributed by atoms with E-state index in [-0.39, 0.29) is 5.16 Å². The standard InChI is InChI=1S/C19H21N5O4S/c1-28-14-5-3-12(4-6-14)17-13(9-20-23-17)10-24-8-7-16-15(11-24)18(25)22-19(21-16)29(2,26)27/h3-6,9H,7-8,10-11H2,1-2H3,(H,20,23)(H,21,22,25). The number of rotatable bonds is 5. The quantitative estimate of drug-likeness (QED) is 0.599. The van der Waals surface area contributed by atoms with Crippen molar-refractivity contribution in [1.29, 1.82) is 0 Å². The van der Waals surface area contributed by atoms with Crippen LogP contribution in [0.2, 0.25) is 0 Å². The Kier molecular flexibility index (Phi) is 4.97. The van der Waals surface area contributed by atoms with E-state index in [1.54, 1.807) is 13.3 Å². The summed E-state index contributed by atoms with van der Waals surface area (Å²) in [6.07, 6.45) is 3.33. The molecule has 3 aromatic rings. The van der Waals surface area contributed by atoms with E-state index in [0.29, 0.717) is 37.3 Å². The summed E-state index contributed by atoms with van der Waals surface area (Å²) in [7, 11) is -1.93. The van der Waals surface area contributed by atoms with Crippen LogP contribution in [-0.2, 0) is 29.3 Å². The number of methoxy groups -OCH3 is 1. The average Bonchev–Trinajstić information content (AvgIpc) is 3.15. The van der Waals surface area contributed by atoms with E-state index < -0.39 is 15.4 Å². The maximum absolute atomic E-state index is 12.4. The normalized spacial score (nSPS) is 14.6. The molecule has 0 radical (unpaired) electrons. The number of hydrogen-bond donors (Lipinski definition) is 2. The van der Waals surface area contributed by atoms with Gasteiger partial charge in [0, 0.05) is 43.4 Å². The molecule has 4 rings (SSSR count). The lowest BCUT2D eigenvalue weighted by atomic mass is 10.0. The number of hydrogen-bond acceptors (Lipinski definition) is 7. The Balaban J connectivity index is 1.56. The number of nitrogens with one attached hydrogen (secondary N) is 2. The summed E-state index contributed by atoms with van der Waals surface area (Å²) in [5.41, 5.74) is 3.58. The van der Waals surface area contributed by atoms with Crippen molar-refractivity contribution in [2.24, 2.45) is 0 Å². The molecule has 0 atom stereocenters. The summed E-state index contributed by atoms with van der Waals surface area (Å²) in [6.45, 7) is 1.67. The molecule has 1 aromatic carbocycles. The molecule has 0 spiro atoms. The zero-order valence-electron chi connectivity index (χ0n) is 16.1. The van der Waals surface area contributed by atoms with Gasteiger partial charge in [0.05, 0.1) is 30.3 Å². The fraction of sp³-hybridized carbons (Fsp3) is 0.316. The first-order valence-corrected chi connectivity index (χ1v) is 11.0. The second-order valence-electron chi connectivity index (χ2n) is 7.03. The predicted octanol–water partition coefficient (Wildman–Crippen LogP) is 1.13. The lowest BCUT2D eigenvalue weighted by Gasteiger charge is -2.27. The molecule has 152 valence electrons. The number of fused-ring (bicyclic) bond motifs is 1. The third kappa shape index (κ3) is 3.94. The molecule has 0 saturated heterocycles. The van der Waals surface area contributed by atoms with Crippen molar-refractivity contribution in [2.75, 3.05) is 19.9 Å². The number of ether oxygens (including phenoxy) is 1. The summed E-state index contributed by atoms with van der Waals surface area (Å²) >= 11 is 0. The van der Waals surface area contributed by atoms with Gasteiger partial charge in [0.15, 0.2) is 0 Å². The zero-order valence-corrected chi connectivity index (χ0v) is 16.9. The Morgan fingerprint density at radius 3 is 2.69 bits per heavy atom. The Morgan fingerprint density at radius 2 is 2.00 bits per heavy atom.